The lowest BCUT2D eigenvalue weighted by atomic mass is 9.97. The van der Waals surface area contributed by atoms with Gasteiger partial charge in [-0.05, 0) is 24.8 Å². The van der Waals surface area contributed by atoms with Gasteiger partial charge in [-0.1, -0.05) is 42.7 Å². The maximum Gasteiger partial charge on any atom is 0.0351 e. The molecule has 0 unspecified atom stereocenters. The van der Waals surface area contributed by atoms with Crippen molar-refractivity contribution in [2.45, 2.75) is 32.2 Å². The highest BCUT2D eigenvalue weighted by atomic mass is 35.5. The number of hydrogen-bond acceptors (Lipinski definition) is 2. The van der Waals surface area contributed by atoms with Crippen molar-refractivity contribution in [3.8, 4) is 0 Å². The zero-order valence-electron chi connectivity index (χ0n) is 12.2. The Bertz CT molecular complexity index is 401. The van der Waals surface area contributed by atoms with Crippen LogP contribution in [0.3, 0.4) is 0 Å². The Labute approximate surface area is 135 Å². The summed E-state index contributed by atoms with van der Waals surface area (Å²) >= 11 is 0. The number of rotatable bonds is 4. The van der Waals surface area contributed by atoms with Gasteiger partial charge in [-0.25, -0.2) is 0 Å². The molecule has 1 aliphatic heterocycles. The van der Waals surface area contributed by atoms with Gasteiger partial charge < -0.3 is 5.32 Å². The Morgan fingerprint density at radius 2 is 1.90 bits per heavy atom. The van der Waals surface area contributed by atoms with E-state index in [2.05, 4.69) is 41.4 Å². The van der Waals surface area contributed by atoms with Gasteiger partial charge in [0.15, 0.2) is 0 Å². The van der Waals surface area contributed by atoms with Gasteiger partial charge in [0.05, 0.1) is 0 Å². The summed E-state index contributed by atoms with van der Waals surface area (Å²) in [5, 5.41) is 3.46. The minimum absolute atomic E-state index is 0. The van der Waals surface area contributed by atoms with Gasteiger partial charge in [0.1, 0.15) is 0 Å². The molecular weight excluding hydrogens is 291 g/mol. The fraction of sp³-hybridized carbons (Fsp3) is 0.625. The highest BCUT2D eigenvalue weighted by Gasteiger charge is 2.30. The standard InChI is InChI=1S/C16H24N2.2ClH/c1-13-3-2-4-15(11-13)16(12-14-5-6-14)18-9-7-17-8-10-18;;/h2-4,11,14,16-17H,5-10,12H2,1H3;2*1H/t16-;;/m0../s1. The molecule has 0 radical (unpaired) electrons. The number of aryl methyl sites for hydroxylation is 1. The first-order chi connectivity index (χ1) is 8.83. The molecule has 1 saturated heterocycles. The highest BCUT2D eigenvalue weighted by Crippen LogP contribution is 2.40. The van der Waals surface area contributed by atoms with Gasteiger partial charge in [-0.3, -0.25) is 4.90 Å². The molecule has 0 bridgehead atoms. The summed E-state index contributed by atoms with van der Waals surface area (Å²) in [6.45, 7) is 6.89. The summed E-state index contributed by atoms with van der Waals surface area (Å²) in [4.78, 5) is 2.68. The second-order valence-corrected chi connectivity index (χ2v) is 5.89. The van der Waals surface area contributed by atoms with Crippen LogP contribution in [-0.4, -0.2) is 31.1 Å². The fourth-order valence-electron chi connectivity index (χ4n) is 3.04. The van der Waals surface area contributed by atoms with Crippen molar-refractivity contribution in [3.63, 3.8) is 0 Å². The molecule has 2 fully saturated rings. The summed E-state index contributed by atoms with van der Waals surface area (Å²) < 4.78 is 0. The number of benzene rings is 1. The van der Waals surface area contributed by atoms with Crippen LogP contribution in [0.2, 0.25) is 0 Å². The molecule has 0 amide bonds. The summed E-state index contributed by atoms with van der Waals surface area (Å²) in [5.41, 5.74) is 2.92. The van der Waals surface area contributed by atoms with Crippen LogP contribution >= 0.6 is 24.8 Å². The maximum atomic E-state index is 3.46. The van der Waals surface area contributed by atoms with Crippen molar-refractivity contribution >= 4 is 24.8 Å². The Kier molecular flexibility index (Phi) is 7.32. The Hall–Kier alpha value is -0.280. The molecule has 1 N–H and O–H groups in total. The first-order valence-electron chi connectivity index (χ1n) is 7.34. The van der Waals surface area contributed by atoms with E-state index in [1.54, 1.807) is 0 Å². The first-order valence-corrected chi connectivity index (χ1v) is 7.34. The monoisotopic (exact) mass is 316 g/mol. The van der Waals surface area contributed by atoms with Crippen LogP contribution in [0.25, 0.3) is 0 Å². The molecule has 2 aliphatic rings. The molecule has 1 aromatic carbocycles. The zero-order chi connectivity index (χ0) is 12.4. The average Bonchev–Trinajstić information content (AvgIpc) is 3.21. The molecule has 4 heteroatoms. The lowest BCUT2D eigenvalue weighted by Gasteiger charge is -2.35. The van der Waals surface area contributed by atoms with Crippen molar-refractivity contribution in [2.24, 2.45) is 5.92 Å². The summed E-state index contributed by atoms with van der Waals surface area (Å²) in [5.74, 6) is 0.991. The largest absolute Gasteiger partial charge is 0.314 e. The van der Waals surface area contributed by atoms with E-state index in [4.69, 9.17) is 0 Å². The Morgan fingerprint density at radius 3 is 2.50 bits per heavy atom. The predicted octanol–water partition coefficient (Wildman–Crippen LogP) is 3.59. The number of piperazine rings is 1. The SMILES string of the molecule is Cc1cccc([C@H](CC2CC2)N2CCNCC2)c1.Cl.Cl. The summed E-state index contributed by atoms with van der Waals surface area (Å²) in [7, 11) is 0. The van der Waals surface area contributed by atoms with Gasteiger partial charge in [0.25, 0.3) is 0 Å². The van der Waals surface area contributed by atoms with E-state index in [0.29, 0.717) is 6.04 Å². The Morgan fingerprint density at radius 1 is 1.20 bits per heavy atom. The molecule has 1 atom stereocenters. The summed E-state index contributed by atoms with van der Waals surface area (Å²) in [6.07, 6.45) is 4.27. The van der Waals surface area contributed by atoms with E-state index in [0.717, 1.165) is 19.0 Å². The molecule has 1 heterocycles. The van der Waals surface area contributed by atoms with Crippen molar-refractivity contribution in [3.05, 3.63) is 35.4 Å². The topological polar surface area (TPSA) is 15.3 Å². The molecule has 2 nitrogen and oxygen atoms in total. The second kappa shape index (κ2) is 8.23. The number of nitrogens with one attached hydrogen (secondary N) is 1. The van der Waals surface area contributed by atoms with Crippen molar-refractivity contribution in [1.82, 2.24) is 10.2 Å². The van der Waals surface area contributed by atoms with E-state index >= 15 is 0 Å². The van der Waals surface area contributed by atoms with Gasteiger partial charge in [0, 0.05) is 32.2 Å². The minimum Gasteiger partial charge on any atom is -0.314 e. The fourth-order valence-corrected chi connectivity index (χ4v) is 3.04. The molecule has 114 valence electrons. The predicted molar refractivity (Wildman–Crippen MR) is 90.2 cm³/mol. The smallest absolute Gasteiger partial charge is 0.0351 e. The van der Waals surface area contributed by atoms with Gasteiger partial charge in [-0.2, -0.15) is 0 Å². The van der Waals surface area contributed by atoms with Crippen LogP contribution in [0.4, 0.5) is 0 Å². The van der Waals surface area contributed by atoms with Crippen LogP contribution in [0.15, 0.2) is 24.3 Å². The van der Waals surface area contributed by atoms with Gasteiger partial charge in [-0.15, -0.1) is 24.8 Å². The number of hydrogen-bond donors (Lipinski definition) is 1. The molecule has 1 aliphatic carbocycles. The van der Waals surface area contributed by atoms with Crippen molar-refractivity contribution in [2.75, 3.05) is 26.2 Å². The number of nitrogens with zero attached hydrogens (tertiary/aromatic N) is 1. The first kappa shape index (κ1) is 17.8. The van der Waals surface area contributed by atoms with E-state index in [-0.39, 0.29) is 24.8 Å². The average molecular weight is 317 g/mol. The normalized spacial score (nSPS) is 20.6. The lowest BCUT2D eigenvalue weighted by molar-refractivity contribution is 0.160. The lowest BCUT2D eigenvalue weighted by Crippen LogP contribution is -2.45. The minimum atomic E-state index is 0. The van der Waals surface area contributed by atoms with Crippen LogP contribution in [0, 0.1) is 12.8 Å². The van der Waals surface area contributed by atoms with Gasteiger partial charge in [0.2, 0.25) is 0 Å². The third-order valence-electron chi connectivity index (χ3n) is 4.27. The Balaban J connectivity index is 0.000001000. The van der Waals surface area contributed by atoms with E-state index in [1.807, 2.05) is 0 Å². The van der Waals surface area contributed by atoms with E-state index in [1.165, 1.54) is 43.5 Å². The highest BCUT2D eigenvalue weighted by molar-refractivity contribution is 5.85. The van der Waals surface area contributed by atoms with Crippen molar-refractivity contribution < 1.29 is 0 Å². The molecular formula is C16H26Cl2N2. The van der Waals surface area contributed by atoms with Gasteiger partial charge >= 0.3 is 0 Å². The number of halogens is 2. The quantitative estimate of drug-likeness (QED) is 0.913. The third kappa shape index (κ3) is 4.63. The second-order valence-electron chi connectivity index (χ2n) is 5.89. The third-order valence-corrected chi connectivity index (χ3v) is 4.27. The van der Waals surface area contributed by atoms with Crippen LogP contribution < -0.4 is 5.32 Å². The molecule has 1 aromatic rings. The van der Waals surface area contributed by atoms with Crippen LogP contribution in [0.5, 0.6) is 0 Å². The molecule has 20 heavy (non-hydrogen) atoms. The molecule has 0 aromatic heterocycles. The zero-order valence-corrected chi connectivity index (χ0v) is 13.8. The maximum absolute atomic E-state index is 3.46. The van der Waals surface area contributed by atoms with Crippen molar-refractivity contribution in [1.29, 1.82) is 0 Å². The molecule has 3 rings (SSSR count). The molecule has 1 saturated carbocycles. The summed E-state index contributed by atoms with van der Waals surface area (Å²) in [6, 6.07) is 9.78. The van der Waals surface area contributed by atoms with Crippen LogP contribution in [0.1, 0.15) is 36.4 Å². The van der Waals surface area contributed by atoms with E-state index in [9.17, 15) is 0 Å². The van der Waals surface area contributed by atoms with E-state index < -0.39 is 0 Å². The van der Waals surface area contributed by atoms with Crippen LogP contribution in [-0.2, 0) is 0 Å². The molecule has 0 spiro atoms.